The first kappa shape index (κ1) is 9.54. The van der Waals surface area contributed by atoms with E-state index in [1.54, 1.807) is 0 Å². The van der Waals surface area contributed by atoms with Gasteiger partial charge in [-0.1, -0.05) is 6.07 Å². The van der Waals surface area contributed by atoms with E-state index in [1.807, 2.05) is 24.7 Å². The van der Waals surface area contributed by atoms with Crippen molar-refractivity contribution in [1.82, 2.24) is 20.1 Å². The number of rotatable bonds is 2. The molecule has 3 heterocycles. The fourth-order valence-electron chi connectivity index (χ4n) is 2.15. The lowest BCUT2D eigenvalue weighted by Crippen LogP contribution is -2.29. The van der Waals surface area contributed by atoms with Crippen LogP contribution in [0.3, 0.4) is 0 Å². The predicted octanol–water partition coefficient (Wildman–Crippen LogP) is 1.36. The molecule has 0 bridgehead atoms. The van der Waals surface area contributed by atoms with Gasteiger partial charge in [-0.05, 0) is 23.6 Å². The van der Waals surface area contributed by atoms with Crippen molar-refractivity contribution in [2.24, 2.45) is 0 Å². The van der Waals surface area contributed by atoms with E-state index in [-0.39, 0.29) is 0 Å². The topological polar surface area (TPSA) is 44.8 Å². The normalized spacial score (nSPS) is 16.0. The Bertz CT molecular complexity index is 463. The molecule has 16 heavy (non-hydrogen) atoms. The summed E-state index contributed by atoms with van der Waals surface area (Å²) in [5.41, 5.74) is 3.82. The molecule has 1 N–H and O–H groups in total. The van der Waals surface area contributed by atoms with Gasteiger partial charge in [0, 0.05) is 38.2 Å². The maximum atomic E-state index is 4.27. The number of nitrogens with one attached hydrogen (secondary N) is 1. The molecule has 1 aliphatic rings. The molecule has 0 saturated heterocycles. The summed E-state index contributed by atoms with van der Waals surface area (Å²) in [6.45, 7) is 3.00. The third-order valence-corrected chi connectivity index (χ3v) is 3.01. The Hall–Kier alpha value is -1.68. The molecule has 0 atom stereocenters. The number of H-pyrrole nitrogens is 1. The third kappa shape index (κ3) is 1.84. The second-order valence-corrected chi connectivity index (χ2v) is 4.18. The Morgan fingerprint density at radius 1 is 1.44 bits per heavy atom. The van der Waals surface area contributed by atoms with Gasteiger partial charge in [0.25, 0.3) is 0 Å². The highest BCUT2D eigenvalue weighted by atomic mass is 15.2. The van der Waals surface area contributed by atoms with Crippen LogP contribution in [0, 0.1) is 0 Å². The van der Waals surface area contributed by atoms with Gasteiger partial charge in [-0.3, -0.25) is 15.0 Å². The highest BCUT2D eigenvalue weighted by Crippen LogP contribution is 2.17. The van der Waals surface area contributed by atoms with Gasteiger partial charge in [0.1, 0.15) is 0 Å². The van der Waals surface area contributed by atoms with Crippen LogP contribution in [0.1, 0.15) is 16.8 Å². The molecular weight excluding hydrogens is 200 g/mol. The molecule has 0 saturated carbocycles. The predicted molar refractivity (Wildman–Crippen MR) is 60.6 cm³/mol. The number of hydrogen-bond acceptors (Lipinski definition) is 3. The zero-order chi connectivity index (χ0) is 10.8. The van der Waals surface area contributed by atoms with Crippen LogP contribution in [0.25, 0.3) is 0 Å². The summed E-state index contributed by atoms with van der Waals surface area (Å²) in [5.74, 6) is 0. The lowest BCUT2D eigenvalue weighted by atomic mass is 10.1. The Labute approximate surface area is 94.3 Å². The van der Waals surface area contributed by atoms with Gasteiger partial charge in [0.05, 0.1) is 5.69 Å². The SMILES string of the molecule is c1cncc(CN2CCc3c[nH]nc3C2)c1. The summed E-state index contributed by atoms with van der Waals surface area (Å²) >= 11 is 0. The van der Waals surface area contributed by atoms with E-state index < -0.39 is 0 Å². The Morgan fingerprint density at radius 2 is 2.44 bits per heavy atom. The second kappa shape index (κ2) is 4.06. The lowest BCUT2D eigenvalue weighted by molar-refractivity contribution is 0.242. The van der Waals surface area contributed by atoms with Gasteiger partial charge >= 0.3 is 0 Å². The molecule has 3 rings (SSSR count). The van der Waals surface area contributed by atoms with E-state index in [1.165, 1.54) is 16.8 Å². The van der Waals surface area contributed by atoms with E-state index in [9.17, 15) is 0 Å². The number of nitrogens with zero attached hydrogens (tertiary/aromatic N) is 3. The van der Waals surface area contributed by atoms with Crippen LogP contribution >= 0.6 is 0 Å². The average Bonchev–Trinajstić information content (AvgIpc) is 2.77. The highest BCUT2D eigenvalue weighted by Gasteiger charge is 2.17. The number of pyridine rings is 1. The van der Waals surface area contributed by atoms with Gasteiger partial charge < -0.3 is 0 Å². The maximum Gasteiger partial charge on any atom is 0.0794 e. The van der Waals surface area contributed by atoms with Gasteiger partial charge in [-0.25, -0.2) is 0 Å². The minimum absolute atomic E-state index is 0.938. The van der Waals surface area contributed by atoms with E-state index >= 15 is 0 Å². The smallest absolute Gasteiger partial charge is 0.0794 e. The van der Waals surface area contributed by atoms with Crippen LogP contribution in [0.5, 0.6) is 0 Å². The lowest BCUT2D eigenvalue weighted by Gasteiger charge is -2.25. The second-order valence-electron chi connectivity index (χ2n) is 4.18. The van der Waals surface area contributed by atoms with Crippen molar-refractivity contribution in [1.29, 1.82) is 0 Å². The molecule has 0 amide bonds. The molecule has 0 unspecified atom stereocenters. The van der Waals surface area contributed by atoms with Gasteiger partial charge in [-0.15, -0.1) is 0 Å². The molecule has 2 aromatic heterocycles. The fourth-order valence-corrected chi connectivity index (χ4v) is 2.15. The number of aromatic nitrogens is 3. The van der Waals surface area contributed by atoms with Crippen molar-refractivity contribution in [3.05, 3.63) is 47.5 Å². The first-order valence-electron chi connectivity index (χ1n) is 5.54. The molecule has 0 aromatic carbocycles. The molecule has 4 nitrogen and oxygen atoms in total. The molecule has 0 fully saturated rings. The highest BCUT2D eigenvalue weighted by molar-refractivity contribution is 5.19. The van der Waals surface area contributed by atoms with Crippen LogP contribution in [-0.4, -0.2) is 26.6 Å². The van der Waals surface area contributed by atoms with Crippen LogP contribution in [0.15, 0.2) is 30.7 Å². The molecule has 82 valence electrons. The Kier molecular flexibility index (Phi) is 2.42. The summed E-state index contributed by atoms with van der Waals surface area (Å²) < 4.78 is 0. The van der Waals surface area contributed by atoms with Crippen LogP contribution in [0.4, 0.5) is 0 Å². The number of aromatic amines is 1. The van der Waals surface area contributed by atoms with E-state index in [0.717, 1.165) is 26.1 Å². The molecule has 0 radical (unpaired) electrons. The van der Waals surface area contributed by atoms with E-state index in [2.05, 4.69) is 26.1 Å². The van der Waals surface area contributed by atoms with Crippen molar-refractivity contribution >= 4 is 0 Å². The van der Waals surface area contributed by atoms with Crippen molar-refractivity contribution in [3.63, 3.8) is 0 Å². The van der Waals surface area contributed by atoms with Crippen molar-refractivity contribution < 1.29 is 0 Å². The molecule has 0 spiro atoms. The van der Waals surface area contributed by atoms with Crippen LogP contribution in [0.2, 0.25) is 0 Å². The van der Waals surface area contributed by atoms with E-state index in [4.69, 9.17) is 0 Å². The number of hydrogen-bond donors (Lipinski definition) is 1. The Morgan fingerprint density at radius 3 is 3.31 bits per heavy atom. The van der Waals surface area contributed by atoms with Crippen molar-refractivity contribution in [2.75, 3.05) is 6.54 Å². The third-order valence-electron chi connectivity index (χ3n) is 3.01. The quantitative estimate of drug-likeness (QED) is 0.821. The summed E-state index contributed by atoms with van der Waals surface area (Å²) in [6, 6.07) is 4.10. The van der Waals surface area contributed by atoms with Crippen molar-refractivity contribution in [3.8, 4) is 0 Å². The first-order chi connectivity index (χ1) is 7.92. The molecule has 2 aromatic rings. The molecule has 1 aliphatic heterocycles. The summed E-state index contributed by atoms with van der Waals surface area (Å²) in [4.78, 5) is 6.54. The minimum atomic E-state index is 0.938. The Balaban J connectivity index is 1.71. The van der Waals surface area contributed by atoms with Gasteiger partial charge in [0.2, 0.25) is 0 Å². The van der Waals surface area contributed by atoms with Crippen LogP contribution in [-0.2, 0) is 19.5 Å². The monoisotopic (exact) mass is 214 g/mol. The van der Waals surface area contributed by atoms with E-state index in [0.29, 0.717) is 0 Å². The number of fused-ring (bicyclic) bond motifs is 1. The fraction of sp³-hybridized carbons (Fsp3) is 0.333. The summed E-state index contributed by atoms with van der Waals surface area (Å²) in [7, 11) is 0. The molecular formula is C12H14N4. The largest absolute Gasteiger partial charge is 0.293 e. The zero-order valence-electron chi connectivity index (χ0n) is 9.06. The minimum Gasteiger partial charge on any atom is -0.293 e. The maximum absolute atomic E-state index is 4.27. The molecule has 0 aliphatic carbocycles. The zero-order valence-corrected chi connectivity index (χ0v) is 9.06. The standard InChI is InChI=1S/C12H14N4/c1-2-10(6-13-4-1)8-16-5-3-11-7-14-15-12(11)9-16/h1-2,4,6-7H,3,5,8-9H2,(H,14,15). The molecule has 4 heteroatoms. The van der Waals surface area contributed by atoms with Crippen LogP contribution < -0.4 is 0 Å². The summed E-state index contributed by atoms with van der Waals surface area (Å²) in [5, 5.41) is 7.20. The average molecular weight is 214 g/mol. The first-order valence-corrected chi connectivity index (χ1v) is 5.54. The van der Waals surface area contributed by atoms with Gasteiger partial charge in [-0.2, -0.15) is 5.10 Å². The summed E-state index contributed by atoms with van der Waals surface area (Å²) in [6.07, 6.45) is 6.84. The van der Waals surface area contributed by atoms with Crippen molar-refractivity contribution in [2.45, 2.75) is 19.5 Å². The van der Waals surface area contributed by atoms with Gasteiger partial charge in [0.15, 0.2) is 0 Å².